The fourth-order valence-corrected chi connectivity index (χ4v) is 2.15. The maximum absolute atomic E-state index is 13.1. The zero-order valence-corrected chi connectivity index (χ0v) is 9.36. The number of halogens is 1. The Morgan fingerprint density at radius 3 is 2.94 bits per heavy atom. The molecule has 0 aliphatic carbocycles. The summed E-state index contributed by atoms with van der Waals surface area (Å²) in [5.41, 5.74) is 6.79. The van der Waals surface area contributed by atoms with Crippen molar-refractivity contribution in [3.63, 3.8) is 0 Å². The quantitative estimate of drug-likeness (QED) is 0.844. The molecule has 4 nitrogen and oxygen atoms in total. The summed E-state index contributed by atoms with van der Waals surface area (Å²) in [6.45, 7) is 0.358. The molecule has 1 aromatic carbocycles. The first-order valence-electron chi connectivity index (χ1n) is 5.55. The van der Waals surface area contributed by atoms with Crippen LogP contribution in [0.1, 0.15) is 30.0 Å². The van der Waals surface area contributed by atoms with E-state index in [0.717, 1.165) is 5.06 Å². The summed E-state index contributed by atoms with van der Waals surface area (Å²) >= 11 is 0. The number of hydrogen-bond acceptors (Lipinski definition) is 3. The van der Waals surface area contributed by atoms with Crippen LogP contribution in [0.15, 0.2) is 18.2 Å². The van der Waals surface area contributed by atoms with Crippen LogP contribution in [-0.2, 0) is 16.5 Å². The molecule has 2 rings (SSSR count). The van der Waals surface area contributed by atoms with Crippen molar-refractivity contribution in [1.29, 1.82) is 0 Å². The summed E-state index contributed by atoms with van der Waals surface area (Å²) in [6, 6.07) is 3.64. The molecule has 0 spiro atoms. The van der Waals surface area contributed by atoms with Crippen LogP contribution < -0.4 is 5.73 Å². The molecule has 1 heterocycles. The van der Waals surface area contributed by atoms with E-state index in [1.807, 2.05) is 0 Å². The summed E-state index contributed by atoms with van der Waals surface area (Å²) in [6.07, 6.45) is 0.473. The molecule has 17 heavy (non-hydrogen) atoms. The molecular formula is C12H14FN2O2. The Bertz CT molecular complexity index is 437. The zero-order valence-electron chi connectivity index (χ0n) is 9.36. The van der Waals surface area contributed by atoms with Gasteiger partial charge in [-0.05, 0) is 23.3 Å². The second-order valence-electron chi connectivity index (χ2n) is 4.20. The third kappa shape index (κ3) is 2.52. The summed E-state index contributed by atoms with van der Waals surface area (Å²) in [4.78, 5) is 11.4. The number of hydrogen-bond donors (Lipinski definition) is 1. The highest BCUT2D eigenvalue weighted by Gasteiger charge is 2.29. The van der Waals surface area contributed by atoms with Gasteiger partial charge in [0.15, 0.2) is 0 Å². The predicted molar refractivity (Wildman–Crippen MR) is 58.7 cm³/mol. The number of rotatable bonds is 2. The Morgan fingerprint density at radius 1 is 1.47 bits per heavy atom. The van der Waals surface area contributed by atoms with Crippen LogP contribution in [0.2, 0.25) is 0 Å². The van der Waals surface area contributed by atoms with E-state index >= 15 is 0 Å². The SMILES string of the molecule is NCc1cc(F)ccc1[C@H]1CC(=O)CCN1[O]. The Morgan fingerprint density at radius 2 is 2.24 bits per heavy atom. The number of carbonyl (C=O) groups is 1. The van der Waals surface area contributed by atoms with Crippen molar-refractivity contribution in [2.45, 2.75) is 25.4 Å². The van der Waals surface area contributed by atoms with E-state index in [-0.39, 0.29) is 31.1 Å². The first-order chi connectivity index (χ1) is 8.11. The molecule has 91 valence electrons. The maximum Gasteiger partial charge on any atom is 0.136 e. The number of ketones is 1. The van der Waals surface area contributed by atoms with Gasteiger partial charge in [-0.15, -0.1) is 10.3 Å². The van der Waals surface area contributed by atoms with Gasteiger partial charge >= 0.3 is 0 Å². The highest BCUT2D eigenvalue weighted by Crippen LogP contribution is 2.30. The predicted octanol–water partition coefficient (Wildman–Crippen LogP) is 1.34. The van der Waals surface area contributed by atoms with E-state index in [1.54, 1.807) is 6.07 Å². The Balaban J connectivity index is 2.34. The minimum Gasteiger partial charge on any atom is -0.326 e. The van der Waals surface area contributed by atoms with Crippen molar-refractivity contribution >= 4 is 5.78 Å². The first kappa shape index (κ1) is 12.2. The Kier molecular flexibility index (Phi) is 3.51. The molecule has 1 aliphatic heterocycles. The number of nitrogens with two attached hydrogens (primary N) is 1. The molecule has 1 radical (unpaired) electrons. The van der Waals surface area contributed by atoms with Gasteiger partial charge in [-0.2, -0.15) is 0 Å². The van der Waals surface area contributed by atoms with Crippen LogP contribution in [0, 0.1) is 5.82 Å². The van der Waals surface area contributed by atoms with Crippen molar-refractivity contribution in [2.75, 3.05) is 6.54 Å². The van der Waals surface area contributed by atoms with Crippen LogP contribution in [0.25, 0.3) is 0 Å². The standard InChI is InChI=1S/C12H14FN2O2/c13-9-1-2-11(8(5-9)7-14)12-6-10(16)3-4-15(12)17/h1-2,5,12H,3-4,6-7,14H2/t12-/m1/s1. The molecule has 1 aromatic rings. The second-order valence-corrected chi connectivity index (χ2v) is 4.20. The molecular weight excluding hydrogens is 223 g/mol. The Hall–Kier alpha value is -1.30. The van der Waals surface area contributed by atoms with Gasteiger partial charge in [0.1, 0.15) is 11.6 Å². The average molecular weight is 237 g/mol. The van der Waals surface area contributed by atoms with Crippen LogP contribution in [0.4, 0.5) is 4.39 Å². The number of Topliss-reactive ketones (excluding diaryl/α,β-unsaturated/α-hetero) is 1. The van der Waals surface area contributed by atoms with Gasteiger partial charge in [0.25, 0.3) is 0 Å². The molecule has 0 saturated carbocycles. The van der Waals surface area contributed by atoms with Crippen molar-refractivity contribution in [3.05, 3.63) is 35.1 Å². The maximum atomic E-state index is 13.1. The average Bonchev–Trinajstić information content (AvgIpc) is 2.32. The van der Waals surface area contributed by atoms with E-state index in [0.29, 0.717) is 17.5 Å². The highest BCUT2D eigenvalue weighted by atomic mass is 19.1. The molecule has 0 aromatic heterocycles. The fraction of sp³-hybridized carbons (Fsp3) is 0.417. The fourth-order valence-electron chi connectivity index (χ4n) is 2.15. The number of piperidine rings is 1. The number of benzene rings is 1. The minimum absolute atomic E-state index is 0.0643. The van der Waals surface area contributed by atoms with E-state index in [1.165, 1.54) is 12.1 Å². The third-order valence-electron chi connectivity index (χ3n) is 3.06. The second kappa shape index (κ2) is 4.91. The van der Waals surface area contributed by atoms with Crippen molar-refractivity contribution in [2.24, 2.45) is 5.73 Å². The lowest BCUT2D eigenvalue weighted by atomic mass is 9.92. The van der Waals surface area contributed by atoms with Gasteiger partial charge in [-0.1, -0.05) is 6.07 Å². The first-order valence-corrected chi connectivity index (χ1v) is 5.55. The van der Waals surface area contributed by atoms with Gasteiger partial charge in [-0.25, -0.2) is 4.39 Å². The third-order valence-corrected chi connectivity index (χ3v) is 3.06. The molecule has 2 N–H and O–H groups in total. The molecule has 1 saturated heterocycles. The molecule has 0 bridgehead atoms. The topological polar surface area (TPSA) is 66.2 Å². The van der Waals surface area contributed by atoms with Gasteiger partial charge in [-0.3, -0.25) is 4.79 Å². The number of nitrogens with zero attached hydrogens (tertiary/aromatic N) is 1. The summed E-state index contributed by atoms with van der Waals surface area (Å²) in [5, 5.41) is 12.6. The highest BCUT2D eigenvalue weighted by molar-refractivity contribution is 5.80. The van der Waals surface area contributed by atoms with Gasteiger partial charge in [0, 0.05) is 25.9 Å². The summed E-state index contributed by atoms with van der Waals surface area (Å²) < 4.78 is 13.1. The summed E-state index contributed by atoms with van der Waals surface area (Å²) in [7, 11) is 0. The monoisotopic (exact) mass is 237 g/mol. The van der Waals surface area contributed by atoms with E-state index in [9.17, 15) is 14.4 Å². The summed E-state index contributed by atoms with van der Waals surface area (Å²) in [5.74, 6) is -0.316. The van der Waals surface area contributed by atoms with Crippen LogP contribution in [-0.4, -0.2) is 17.4 Å². The molecule has 0 amide bonds. The van der Waals surface area contributed by atoms with Crippen LogP contribution in [0.3, 0.4) is 0 Å². The van der Waals surface area contributed by atoms with Crippen molar-refractivity contribution in [1.82, 2.24) is 5.06 Å². The number of hydroxylamine groups is 2. The van der Waals surface area contributed by atoms with Crippen LogP contribution in [0.5, 0.6) is 0 Å². The lowest BCUT2D eigenvalue weighted by molar-refractivity contribution is -0.201. The van der Waals surface area contributed by atoms with Crippen LogP contribution >= 0.6 is 0 Å². The lowest BCUT2D eigenvalue weighted by Crippen LogP contribution is -2.34. The minimum atomic E-state index is -0.518. The van der Waals surface area contributed by atoms with E-state index < -0.39 is 6.04 Å². The van der Waals surface area contributed by atoms with Gasteiger partial charge in [0.05, 0.1) is 6.04 Å². The molecule has 1 aliphatic rings. The molecule has 1 atom stereocenters. The molecule has 1 fully saturated rings. The molecule has 0 unspecified atom stereocenters. The lowest BCUT2D eigenvalue weighted by Gasteiger charge is -2.29. The number of carbonyl (C=O) groups excluding carboxylic acids is 1. The Labute approximate surface area is 98.8 Å². The normalized spacial score (nSPS) is 21.8. The van der Waals surface area contributed by atoms with Crippen molar-refractivity contribution < 1.29 is 14.4 Å². The smallest absolute Gasteiger partial charge is 0.136 e. The van der Waals surface area contributed by atoms with Gasteiger partial charge in [0.2, 0.25) is 0 Å². The van der Waals surface area contributed by atoms with Crippen molar-refractivity contribution in [3.8, 4) is 0 Å². The zero-order chi connectivity index (χ0) is 12.4. The largest absolute Gasteiger partial charge is 0.326 e. The van der Waals surface area contributed by atoms with E-state index in [4.69, 9.17) is 5.73 Å². The van der Waals surface area contributed by atoms with E-state index in [2.05, 4.69) is 0 Å². The van der Waals surface area contributed by atoms with Gasteiger partial charge < -0.3 is 5.73 Å². The molecule has 5 heteroatoms.